The molecule has 56 heavy (non-hydrogen) atoms. The van der Waals surface area contributed by atoms with Crippen molar-refractivity contribution in [2.75, 3.05) is 38.0 Å². The van der Waals surface area contributed by atoms with Gasteiger partial charge in [0.25, 0.3) is 5.91 Å². The van der Waals surface area contributed by atoms with Crippen molar-refractivity contribution in [2.24, 2.45) is 17.8 Å². The van der Waals surface area contributed by atoms with Crippen molar-refractivity contribution in [3.8, 4) is 22.5 Å². The molecule has 1 aliphatic carbocycles. The molecule has 4 N–H and O–H groups in total. The fourth-order valence-corrected chi connectivity index (χ4v) is 7.10. The second kappa shape index (κ2) is 19.9. The summed E-state index contributed by atoms with van der Waals surface area (Å²) in [5, 5.41) is 23.0. The van der Waals surface area contributed by atoms with Gasteiger partial charge in [0, 0.05) is 54.7 Å². The van der Waals surface area contributed by atoms with Gasteiger partial charge in [-0.15, -0.1) is 10.2 Å². The number of H-pyrrole nitrogens is 1. The highest BCUT2D eigenvalue weighted by atomic mass is 16.6. The Labute approximate surface area is 329 Å². The molecule has 1 aromatic heterocycles. The first kappa shape index (κ1) is 41.7. The number of amides is 3. The number of benzene rings is 3. The number of hydrogen-bond acceptors (Lipinski definition) is 9. The predicted molar refractivity (Wildman–Crippen MR) is 217 cm³/mol. The van der Waals surface area contributed by atoms with Crippen LogP contribution < -0.4 is 16.0 Å². The van der Waals surface area contributed by atoms with Crippen LogP contribution >= 0.6 is 0 Å². The molecule has 5 rings (SSSR count). The molecule has 1 saturated carbocycles. The van der Waals surface area contributed by atoms with Crippen LogP contribution in [-0.4, -0.2) is 87.5 Å². The molecule has 0 spiro atoms. The number of nitrogens with one attached hydrogen (secondary N) is 4. The molecule has 13 heteroatoms. The Hall–Kier alpha value is -5.43. The average Bonchev–Trinajstić information content (AvgIpc) is 3.74. The summed E-state index contributed by atoms with van der Waals surface area (Å²) in [6, 6.07) is 22.7. The Bertz CT molecular complexity index is 1900. The number of aromatic nitrogens is 4. The van der Waals surface area contributed by atoms with Crippen LogP contribution in [0.4, 0.5) is 10.5 Å². The van der Waals surface area contributed by atoms with E-state index in [2.05, 4.69) is 55.3 Å². The summed E-state index contributed by atoms with van der Waals surface area (Å²) >= 11 is 0. The largest absolute Gasteiger partial charge is 0.444 e. The number of carbonyl (C=O) groups excluding carboxylic acids is 4. The number of rotatable bonds is 17. The van der Waals surface area contributed by atoms with E-state index >= 15 is 0 Å². The number of likely N-dealkylation sites (N-methyl/N-ethyl adjacent to an activating group) is 1. The lowest BCUT2D eigenvalue weighted by atomic mass is 9.77. The number of ether oxygens (including phenoxy) is 1. The zero-order chi connectivity index (χ0) is 40.1. The van der Waals surface area contributed by atoms with Crippen LogP contribution in [0.15, 0.2) is 72.8 Å². The second-order valence-electron chi connectivity index (χ2n) is 15.5. The van der Waals surface area contributed by atoms with E-state index in [4.69, 9.17) is 4.74 Å². The summed E-state index contributed by atoms with van der Waals surface area (Å²) in [4.78, 5) is 55.3. The maximum absolute atomic E-state index is 14.0. The number of aromatic amines is 1. The second-order valence-corrected chi connectivity index (χ2v) is 15.5. The van der Waals surface area contributed by atoms with Gasteiger partial charge in [-0.1, -0.05) is 50.2 Å². The molecule has 0 bridgehead atoms. The summed E-state index contributed by atoms with van der Waals surface area (Å²) in [5.74, 6) is -0.344. The topological polar surface area (TPSA) is 171 Å². The molecule has 3 amide bonds. The number of alkyl carbamates (subject to hydrolysis) is 1. The summed E-state index contributed by atoms with van der Waals surface area (Å²) < 4.78 is 5.37. The summed E-state index contributed by atoms with van der Waals surface area (Å²) in [6.07, 6.45) is 3.06. The van der Waals surface area contributed by atoms with E-state index in [0.717, 1.165) is 54.7 Å². The summed E-state index contributed by atoms with van der Waals surface area (Å²) in [5.41, 5.74) is 4.08. The van der Waals surface area contributed by atoms with Crippen molar-refractivity contribution in [3.63, 3.8) is 0 Å². The quantitative estimate of drug-likeness (QED) is 0.0914. The smallest absolute Gasteiger partial charge is 0.407 e. The molecule has 4 aromatic rings. The van der Waals surface area contributed by atoms with Gasteiger partial charge in [-0.25, -0.2) is 4.79 Å². The Morgan fingerprint density at radius 2 is 1.57 bits per heavy atom. The van der Waals surface area contributed by atoms with E-state index in [1.165, 1.54) is 0 Å². The molecule has 0 radical (unpaired) electrons. The third-order valence-corrected chi connectivity index (χ3v) is 10.3. The van der Waals surface area contributed by atoms with Crippen molar-refractivity contribution in [1.82, 2.24) is 36.2 Å². The van der Waals surface area contributed by atoms with Crippen LogP contribution in [0.5, 0.6) is 0 Å². The first-order valence-corrected chi connectivity index (χ1v) is 19.7. The van der Waals surface area contributed by atoms with Crippen LogP contribution in [0.25, 0.3) is 22.5 Å². The average molecular weight is 765 g/mol. The first-order valence-electron chi connectivity index (χ1n) is 19.7. The number of carbonyl (C=O) groups is 4. The van der Waals surface area contributed by atoms with Crippen LogP contribution in [0.3, 0.4) is 0 Å². The minimum Gasteiger partial charge on any atom is -0.444 e. The van der Waals surface area contributed by atoms with E-state index in [-0.39, 0.29) is 35.9 Å². The molecule has 1 heterocycles. The fourth-order valence-electron chi connectivity index (χ4n) is 7.10. The van der Waals surface area contributed by atoms with Crippen molar-refractivity contribution >= 4 is 29.4 Å². The summed E-state index contributed by atoms with van der Waals surface area (Å²) in [6.45, 7) is 13.4. The van der Waals surface area contributed by atoms with Gasteiger partial charge >= 0.3 is 6.09 Å². The van der Waals surface area contributed by atoms with Gasteiger partial charge in [0.05, 0.1) is 0 Å². The van der Waals surface area contributed by atoms with Gasteiger partial charge in [0.2, 0.25) is 11.7 Å². The van der Waals surface area contributed by atoms with E-state index in [9.17, 15) is 19.2 Å². The van der Waals surface area contributed by atoms with E-state index in [1.54, 1.807) is 24.3 Å². The van der Waals surface area contributed by atoms with Gasteiger partial charge in [-0.3, -0.25) is 14.4 Å². The molecule has 0 unspecified atom stereocenters. The zero-order valence-corrected chi connectivity index (χ0v) is 33.3. The minimum absolute atomic E-state index is 0.0759. The van der Waals surface area contributed by atoms with E-state index in [1.807, 2.05) is 69.3 Å². The van der Waals surface area contributed by atoms with Crippen molar-refractivity contribution in [1.29, 1.82) is 0 Å². The minimum atomic E-state index is -0.621. The van der Waals surface area contributed by atoms with Gasteiger partial charge in [0.1, 0.15) is 11.4 Å². The maximum Gasteiger partial charge on any atom is 0.407 e. The van der Waals surface area contributed by atoms with Crippen molar-refractivity contribution in [2.45, 2.75) is 78.7 Å². The van der Waals surface area contributed by atoms with Gasteiger partial charge < -0.3 is 25.6 Å². The molecule has 298 valence electrons. The monoisotopic (exact) mass is 764 g/mol. The number of hydrogen-bond donors (Lipinski definition) is 4. The Balaban J connectivity index is 1.26. The van der Waals surface area contributed by atoms with Crippen LogP contribution in [-0.2, 0) is 20.7 Å². The molecule has 1 aliphatic rings. The third kappa shape index (κ3) is 12.6. The lowest BCUT2D eigenvalue weighted by Crippen LogP contribution is -2.37. The van der Waals surface area contributed by atoms with Crippen LogP contribution in [0, 0.1) is 17.8 Å². The van der Waals surface area contributed by atoms with Gasteiger partial charge in [-0.2, -0.15) is 5.21 Å². The highest BCUT2D eigenvalue weighted by Crippen LogP contribution is 2.32. The number of nitrogens with zero attached hydrogens (tertiary/aromatic N) is 4. The Morgan fingerprint density at radius 3 is 2.23 bits per heavy atom. The van der Waals surface area contributed by atoms with Crippen molar-refractivity contribution in [3.05, 3.63) is 83.9 Å². The lowest BCUT2D eigenvalue weighted by Gasteiger charge is -2.29. The number of Topliss-reactive ketones (excluding diaryl/α,β-unsaturated/α-hetero) is 1. The van der Waals surface area contributed by atoms with Gasteiger partial charge in [-0.05, 0) is 130 Å². The highest BCUT2D eigenvalue weighted by Gasteiger charge is 2.31. The maximum atomic E-state index is 14.0. The SMILES string of the molecule is CCN(CC)CCNC(=O)c1cccc(-c2cccc(C[C@H](CC(=O)C3CCC(CNC(=O)OC(C)(C)C)CC3)C(=O)Nc3ccc(-c4nn[nH]n4)cc3)c2)c1. The van der Waals surface area contributed by atoms with Gasteiger partial charge in [0.15, 0.2) is 0 Å². The number of tetrazole rings is 1. The summed E-state index contributed by atoms with van der Waals surface area (Å²) in [7, 11) is 0. The molecular formula is C43H56N8O5. The Morgan fingerprint density at radius 1 is 0.875 bits per heavy atom. The first-order chi connectivity index (χ1) is 26.9. The number of anilines is 1. The van der Waals surface area contributed by atoms with E-state index in [0.29, 0.717) is 49.4 Å². The molecule has 0 saturated heterocycles. The fraction of sp³-hybridized carbons (Fsp3) is 0.465. The van der Waals surface area contributed by atoms with Crippen molar-refractivity contribution < 1.29 is 23.9 Å². The third-order valence-electron chi connectivity index (χ3n) is 10.3. The molecule has 1 atom stereocenters. The zero-order valence-electron chi connectivity index (χ0n) is 33.3. The number of ketones is 1. The van der Waals surface area contributed by atoms with Crippen LogP contribution in [0.1, 0.15) is 82.6 Å². The molecular weight excluding hydrogens is 709 g/mol. The molecule has 3 aromatic carbocycles. The van der Waals surface area contributed by atoms with Crippen LogP contribution in [0.2, 0.25) is 0 Å². The molecule has 0 aliphatic heterocycles. The Kier molecular flexibility index (Phi) is 14.9. The standard InChI is InChI=1S/C43H56N8O5/c1-6-51(7-2)23-22-44-40(53)35-13-9-12-34(26-35)33-11-8-10-30(24-33)25-36(41(54)46-37-20-18-32(19-21-37)39-47-49-50-48-39)27-38(52)31-16-14-29(15-17-31)28-45-42(55)56-43(3,4)5/h8-13,18-21,24,26,29,31,36H,6-7,14-17,22-23,25,27-28H2,1-5H3,(H,44,53)(H,45,55)(H,46,54)(H,47,48,49,50)/t29?,31?,36-/m1/s1. The molecule has 1 fully saturated rings. The normalized spacial score (nSPS) is 16.2. The molecule has 13 nitrogen and oxygen atoms in total. The highest BCUT2D eigenvalue weighted by molar-refractivity contribution is 5.97. The predicted octanol–water partition coefficient (Wildman–Crippen LogP) is 6.69. The lowest BCUT2D eigenvalue weighted by molar-refractivity contribution is -0.129. The van der Waals surface area contributed by atoms with E-state index < -0.39 is 17.6 Å².